The molecule has 0 radical (unpaired) electrons. The number of aromatic amines is 1. The molecule has 2 aromatic heterocycles. The third-order valence-electron chi connectivity index (χ3n) is 2.02. The first kappa shape index (κ1) is 9.78. The van der Waals surface area contributed by atoms with Gasteiger partial charge in [0.15, 0.2) is 0 Å². The average molecular weight is 306 g/mol. The van der Waals surface area contributed by atoms with Gasteiger partial charge in [-0.05, 0) is 0 Å². The van der Waals surface area contributed by atoms with E-state index in [1.807, 2.05) is 12.3 Å². The number of aliphatic carboxylic acids is 1. The zero-order valence-corrected chi connectivity index (χ0v) is 9.69. The molecular formula is C9H10N2O2Te. The van der Waals surface area contributed by atoms with Gasteiger partial charge in [0.05, 0.1) is 0 Å². The molecule has 0 fully saturated rings. The predicted molar refractivity (Wildman–Crippen MR) is 54.6 cm³/mol. The molecule has 2 heterocycles. The molecule has 1 atom stereocenters. The molecule has 0 aliphatic heterocycles. The summed E-state index contributed by atoms with van der Waals surface area (Å²) < 4.78 is 2.56. The van der Waals surface area contributed by atoms with Gasteiger partial charge in [0.25, 0.3) is 0 Å². The Morgan fingerprint density at radius 1 is 1.71 bits per heavy atom. The number of nitrogens with one attached hydrogen (secondary N) is 1. The molecule has 4 N–H and O–H groups in total. The summed E-state index contributed by atoms with van der Waals surface area (Å²) in [5.41, 5.74) is 6.61. The van der Waals surface area contributed by atoms with Gasteiger partial charge < -0.3 is 0 Å². The fraction of sp³-hybridized carbons (Fsp3) is 0.222. The molecule has 0 aliphatic carbocycles. The molecule has 0 saturated carbocycles. The Kier molecular flexibility index (Phi) is 2.64. The fourth-order valence-electron chi connectivity index (χ4n) is 1.31. The SMILES string of the molecule is N[C@@H](Cc1cc2[nH]ccc2[te]1)C(=O)O. The van der Waals surface area contributed by atoms with Gasteiger partial charge in [-0.15, -0.1) is 0 Å². The summed E-state index contributed by atoms with van der Waals surface area (Å²) in [6.45, 7) is 0. The molecule has 0 saturated heterocycles. The van der Waals surface area contributed by atoms with Crippen LogP contribution < -0.4 is 5.73 Å². The van der Waals surface area contributed by atoms with Gasteiger partial charge in [0.2, 0.25) is 0 Å². The summed E-state index contributed by atoms with van der Waals surface area (Å²) in [5.74, 6) is -0.922. The first-order chi connectivity index (χ1) is 6.66. The third kappa shape index (κ3) is 1.85. The van der Waals surface area contributed by atoms with E-state index in [2.05, 4.69) is 11.1 Å². The molecule has 0 spiro atoms. The summed E-state index contributed by atoms with van der Waals surface area (Å²) in [5, 5.41) is 8.66. The second-order valence-corrected chi connectivity index (χ2v) is 6.45. The molecule has 5 heteroatoms. The van der Waals surface area contributed by atoms with E-state index in [0.717, 1.165) is 5.52 Å². The zero-order valence-electron chi connectivity index (χ0n) is 7.36. The number of hydrogen-bond acceptors (Lipinski definition) is 2. The molecule has 0 aliphatic rings. The number of carboxylic acid groups (broad SMARTS) is 1. The average Bonchev–Trinajstić information content (AvgIpc) is 2.63. The predicted octanol–water partition coefficient (Wildman–Crippen LogP) is 0.179. The van der Waals surface area contributed by atoms with Crippen molar-refractivity contribution in [3.63, 3.8) is 0 Å². The number of aromatic nitrogens is 1. The number of hydrogen-bond donors (Lipinski definition) is 3. The minimum atomic E-state index is -0.922. The first-order valence-electron chi connectivity index (χ1n) is 4.21. The number of nitrogens with two attached hydrogens (primary N) is 1. The second-order valence-electron chi connectivity index (χ2n) is 3.12. The van der Waals surface area contributed by atoms with Gasteiger partial charge in [-0.3, -0.25) is 0 Å². The van der Waals surface area contributed by atoms with Crippen LogP contribution in [0.3, 0.4) is 0 Å². The topological polar surface area (TPSA) is 79.1 Å². The van der Waals surface area contributed by atoms with E-state index in [-0.39, 0.29) is 20.4 Å². The van der Waals surface area contributed by atoms with E-state index >= 15 is 0 Å². The van der Waals surface area contributed by atoms with Crippen molar-refractivity contribution in [1.82, 2.24) is 4.98 Å². The summed E-state index contributed by atoms with van der Waals surface area (Å²) >= 11 is -0.360. The standard InChI is InChI=1S/C9H10N2O2Te/c10-6(9(12)13)3-5-4-7-8(14-5)1-2-11-7/h1-2,4,6,11H,3,10H2,(H,12,13)/t6-/m0/s1. The van der Waals surface area contributed by atoms with Gasteiger partial charge in [0, 0.05) is 0 Å². The van der Waals surface area contributed by atoms with Crippen molar-refractivity contribution >= 4 is 35.3 Å². The second kappa shape index (κ2) is 3.77. The van der Waals surface area contributed by atoms with Crippen molar-refractivity contribution < 1.29 is 9.90 Å². The van der Waals surface area contributed by atoms with Crippen LogP contribution >= 0.6 is 0 Å². The van der Waals surface area contributed by atoms with Gasteiger partial charge in [-0.2, -0.15) is 0 Å². The van der Waals surface area contributed by atoms with E-state index in [1.165, 1.54) is 6.98 Å². The first-order valence-corrected chi connectivity index (χ1v) is 6.54. The van der Waals surface area contributed by atoms with Crippen LogP contribution in [-0.4, -0.2) is 42.5 Å². The molecule has 0 aromatic carbocycles. The Morgan fingerprint density at radius 3 is 3.14 bits per heavy atom. The van der Waals surface area contributed by atoms with E-state index in [1.54, 1.807) is 0 Å². The number of fused-ring (bicyclic) bond motifs is 1. The van der Waals surface area contributed by atoms with Crippen molar-refractivity contribution in [2.45, 2.75) is 12.5 Å². The van der Waals surface area contributed by atoms with Gasteiger partial charge in [-0.1, -0.05) is 0 Å². The normalized spacial score (nSPS) is 13.2. The molecule has 0 bridgehead atoms. The number of carbonyl (C=O) groups is 1. The minimum absolute atomic E-state index is 0.360. The Balaban J connectivity index is 2.19. The van der Waals surface area contributed by atoms with Crippen LogP contribution in [0.25, 0.3) is 8.92 Å². The van der Waals surface area contributed by atoms with Gasteiger partial charge in [-0.25, -0.2) is 0 Å². The van der Waals surface area contributed by atoms with Crippen molar-refractivity contribution in [2.24, 2.45) is 5.73 Å². The Morgan fingerprint density at radius 2 is 2.50 bits per heavy atom. The van der Waals surface area contributed by atoms with Crippen LogP contribution in [0.1, 0.15) is 3.58 Å². The molecular weight excluding hydrogens is 296 g/mol. The van der Waals surface area contributed by atoms with Crippen molar-refractivity contribution in [3.8, 4) is 0 Å². The zero-order chi connectivity index (χ0) is 10.1. The van der Waals surface area contributed by atoms with Crippen LogP contribution in [0.2, 0.25) is 0 Å². The van der Waals surface area contributed by atoms with Crippen molar-refractivity contribution in [3.05, 3.63) is 21.9 Å². The summed E-state index contributed by atoms with van der Waals surface area (Å²) in [4.78, 5) is 13.7. The number of rotatable bonds is 3. The quantitative estimate of drug-likeness (QED) is 0.708. The van der Waals surface area contributed by atoms with Crippen molar-refractivity contribution in [2.75, 3.05) is 0 Å². The maximum absolute atomic E-state index is 10.6. The van der Waals surface area contributed by atoms with Gasteiger partial charge >= 0.3 is 90.3 Å². The molecule has 4 nitrogen and oxygen atoms in total. The molecule has 0 unspecified atom stereocenters. The molecule has 2 rings (SSSR count). The molecule has 74 valence electrons. The summed E-state index contributed by atoms with van der Waals surface area (Å²) in [6.07, 6.45) is 2.40. The van der Waals surface area contributed by atoms with E-state index in [0.29, 0.717) is 6.42 Å². The molecule has 2 aromatic rings. The fourth-order valence-corrected chi connectivity index (χ4v) is 4.41. The Labute approximate surface area is 90.3 Å². The third-order valence-corrected chi connectivity index (χ3v) is 5.23. The Bertz CT molecular complexity index is 432. The van der Waals surface area contributed by atoms with E-state index in [9.17, 15) is 4.79 Å². The number of H-pyrrole nitrogens is 1. The van der Waals surface area contributed by atoms with Crippen LogP contribution in [0.15, 0.2) is 18.3 Å². The number of carboxylic acids is 1. The Hall–Kier alpha value is -0.760. The van der Waals surface area contributed by atoms with Gasteiger partial charge in [0.1, 0.15) is 0 Å². The maximum atomic E-state index is 10.6. The van der Waals surface area contributed by atoms with Crippen LogP contribution in [0, 0.1) is 0 Å². The monoisotopic (exact) mass is 308 g/mol. The van der Waals surface area contributed by atoms with E-state index in [4.69, 9.17) is 10.8 Å². The molecule has 14 heavy (non-hydrogen) atoms. The summed E-state index contributed by atoms with van der Waals surface area (Å²) in [7, 11) is 0. The molecule has 0 amide bonds. The van der Waals surface area contributed by atoms with Crippen LogP contribution in [-0.2, 0) is 11.2 Å². The van der Waals surface area contributed by atoms with Crippen molar-refractivity contribution in [1.29, 1.82) is 0 Å². The summed E-state index contributed by atoms with van der Waals surface area (Å²) in [6, 6.07) is 3.35. The van der Waals surface area contributed by atoms with E-state index < -0.39 is 12.0 Å². The van der Waals surface area contributed by atoms with Crippen LogP contribution in [0.5, 0.6) is 0 Å². The van der Waals surface area contributed by atoms with Crippen LogP contribution in [0.4, 0.5) is 0 Å².